The van der Waals surface area contributed by atoms with Gasteiger partial charge in [0.1, 0.15) is 0 Å². The highest BCUT2D eigenvalue weighted by Gasteiger charge is 2.13. The minimum absolute atomic E-state index is 0.345. The van der Waals surface area contributed by atoms with Crippen LogP contribution in [0.1, 0.15) is 0 Å². The lowest BCUT2D eigenvalue weighted by molar-refractivity contribution is -0.403. The number of amides is 1. The van der Waals surface area contributed by atoms with Crippen LogP contribution in [0.4, 0.5) is 0 Å². The summed E-state index contributed by atoms with van der Waals surface area (Å²) in [5.74, 6) is 0. The van der Waals surface area contributed by atoms with E-state index in [0.717, 1.165) is 18.0 Å². The number of rotatable bonds is 2. The molecular weight excluding hydrogens is 180 g/mol. The van der Waals surface area contributed by atoms with E-state index < -0.39 is 4.92 Å². The van der Waals surface area contributed by atoms with Crippen molar-refractivity contribution in [2.45, 2.75) is 0 Å². The second-order valence-electron chi connectivity index (χ2n) is 2.00. The van der Waals surface area contributed by atoms with Gasteiger partial charge in [0.25, 0.3) is 6.20 Å². The molecule has 1 heterocycles. The van der Waals surface area contributed by atoms with Crippen molar-refractivity contribution in [3.05, 3.63) is 32.8 Å². The third kappa shape index (κ3) is 2.09. The Morgan fingerprint density at radius 1 is 1.75 bits per heavy atom. The maximum Gasteiger partial charge on any atom is 0.264 e. The summed E-state index contributed by atoms with van der Waals surface area (Å²) in [6.07, 6.45) is 3.16. The highest BCUT2D eigenvalue weighted by atomic mass is 32.2. The van der Waals surface area contributed by atoms with Gasteiger partial charge in [-0.1, -0.05) is 17.8 Å². The van der Waals surface area contributed by atoms with Gasteiger partial charge < -0.3 is 4.90 Å². The lowest BCUT2D eigenvalue weighted by atomic mass is 10.5. The van der Waals surface area contributed by atoms with E-state index in [0.29, 0.717) is 18.0 Å². The van der Waals surface area contributed by atoms with Crippen LogP contribution in [-0.2, 0) is 4.79 Å². The highest BCUT2D eigenvalue weighted by Crippen LogP contribution is 2.23. The lowest BCUT2D eigenvalue weighted by Gasteiger charge is -2.18. The van der Waals surface area contributed by atoms with E-state index in [-0.39, 0.29) is 0 Å². The van der Waals surface area contributed by atoms with Crippen molar-refractivity contribution in [3.8, 4) is 0 Å². The van der Waals surface area contributed by atoms with Gasteiger partial charge >= 0.3 is 0 Å². The monoisotopic (exact) mass is 186 g/mol. The van der Waals surface area contributed by atoms with Crippen LogP contribution in [0.5, 0.6) is 0 Å². The number of nitrogens with zero attached hydrogens (tertiary/aromatic N) is 2. The van der Waals surface area contributed by atoms with Crippen molar-refractivity contribution in [1.29, 1.82) is 0 Å². The van der Waals surface area contributed by atoms with E-state index in [2.05, 4.69) is 0 Å². The van der Waals surface area contributed by atoms with E-state index in [1.165, 1.54) is 4.90 Å². The van der Waals surface area contributed by atoms with Gasteiger partial charge in [0.05, 0.1) is 4.92 Å². The summed E-state index contributed by atoms with van der Waals surface area (Å²) in [6.45, 7) is 0.399. The number of carbonyl (C=O) groups excluding carboxylic acids is 1. The Kier molecular flexibility index (Phi) is 2.87. The molecule has 0 aromatic heterocycles. The maximum atomic E-state index is 10.4. The minimum Gasteiger partial charge on any atom is -0.300 e. The standard InChI is InChI=1S/C6H6N2O3S/c9-5-7-2-1-3-12-6(7)4-8(10)11/h1,3-5H,2H2/b6-4+. The normalized spacial score (nSPS) is 19.7. The lowest BCUT2D eigenvalue weighted by Crippen LogP contribution is -2.22. The average Bonchev–Trinajstić information content (AvgIpc) is 2.04. The fourth-order valence-corrected chi connectivity index (χ4v) is 1.44. The Bertz CT molecular complexity index is 262. The Morgan fingerprint density at radius 2 is 2.50 bits per heavy atom. The fraction of sp³-hybridized carbons (Fsp3) is 0.167. The quantitative estimate of drug-likeness (QED) is 0.363. The van der Waals surface area contributed by atoms with Crippen molar-refractivity contribution >= 4 is 18.2 Å². The van der Waals surface area contributed by atoms with Crippen LogP contribution in [0.2, 0.25) is 0 Å². The van der Waals surface area contributed by atoms with Gasteiger partial charge in [-0.2, -0.15) is 0 Å². The number of hydrogen-bond acceptors (Lipinski definition) is 4. The molecule has 1 rings (SSSR count). The Morgan fingerprint density at radius 3 is 3.08 bits per heavy atom. The first-order valence-electron chi connectivity index (χ1n) is 3.13. The Labute approximate surface area is 72.9 Å². The summed E-state index contributed by atoms with van der Waals surface area (Å²) < 4.78 is 0. The Balaban J connectivity index is 2.80. The second kappa shape index (κ2) is 3.91. The predicted molar refractivity (Wildman–Crippen MR) is 44.6 cm³/mol. The molecule has 0 saturated heterocycles. The van der Waals surface area contributed by atoms with Crippen molar-refractivity contribution in [3.63, 3.8) is 0 Å². The molecule has 0 spiro atoms. The molecule has 0 atom stereocenters. The topological polar surface area (TPSA) is 63.5 Å². The molecule has 1 amide bonds. The van der Waals surface area contributed by atoms with Gasteiger partial charge in [0.2, 0.25) is 6.41 Å². The summed E-state index contributed by atoms with van der Waals surface area (Å²) in [5.41, 5.74) is 0. The number of nitro groups is 1. The largest absolute Gasteiger partial charge is 0.300 e. The van der Waals surface area contributed by atoms with Crippen LogP contribution >= 0.6 is 11.8 Å². The number of thioether (sulfide) groups is 1. The first-order chi connectivity index (χ1) is 5.74. The summed E-state index contributed by atoms with van der Waals surface area (Å²) >= 11 is 1.16. The molecule has 0 unspecified atom stereocenters. The van der Waals surface area contributed by atoms with Crippen LogP contribution in [0, 0.1) is 10.1 Å². The van der Waals surface area contributed by atoms with Crippen LogP contribution in [0.15, 0.2) is 22.7 Å². The molecule has 5 nitrogen and oxygen atoms in total. The van der Waals surface area contributed by atoms with Gasteiger partial charge in [-0.05, 0) is 5.41 Å². The first kappa shape index (κ1) is 8.79. The van der Waals surface area contributed by atoms with Crippen molar-refractivity contribution in [2.75, 3.05) is 6.54 Å². The van der Waals surface area contributed by atoms with Crippen LogP contribution in [-0.4, -0.2) is 22.8 Å². The van der Waals surface area contributed by atoms with E-state index in [1.807, 2.05) is 0 Å². The zero-order valence-corrected chi connectivity index (χ0v) is 6.86. The van der Waals surface area contributed by atoms with Gasteiger partial charge in [0.15, 0.2) is 5.03 Å². The van der Waals surface area contributed by atoms with Crippen molar-refractivity contribution in [1.82, 2.24) is 4.90 Å². The SMILES string of the molecule is O=CN1CC=CS/C1=C/[N+](=O)[O-]. The van der Waals surface area contributed by atoms with Gasteiger partial charge in [0, 0.05) is 6.54 Å². The molecular formula is C6H6N2O3S. The molecule has 1 aliphatic heterocycles. The highest BCUT2D eigenvalue weighted by molar-refractivity contribution is 8.05. The minimum atomic E-state index is -0.571. The molecule has 0 fully saturated rings. The number of hydrogen-bond donors (Lipinski definition) is 0. The van der Waals surface area contributed by atoms with Gasteiger partial charge in [-0.3, -0.25) is 14.9 Å². The molecule has 6 heteroatoms. The molecule has 0 N–H and O–H groups in total. The van der Waals surface area contributed by atoms with E-state index in [9.17, 15) is 14.9 Å². The molecule has 64 valence electrons. The second-order valence-corrected chi connectivity index (χ2v) is 2.93. The summed E-state index contributed by atoms with van der Waals surface area (Å²) in [6, 6.07) is 0. The zero-order valence-electron chi connectivity index (χ0n) is 6.04. The molecule has 0 aromatic rings. The van der Waals surface area contributed by atoms with Gasteiger partial charge in [-0.25, -0.2) is 0 Å². The smallest absolute Gasteiger partial charge is 0.264 e. The van der Waals surface area contributed by atoms with Crippen molar-refractivity contribution in [2.24, 2.45) is 0 Å². The maximum absolute atomic E-state index is 10.4. The molecule has 0 aliphatic carbocycles. The van der Waals surface area contributed by atoms with Gasteiger partial charge in [-0.15, -0.1) is 0 Å². The summed E-state index contributed by atoms with van der Waals surface area (Å²) in [4.78, 5) is 21.1. The third-order valence-corrected chi connectivity index (χ3v) is 2.12. The first-order valence-corrected chi connectivity index (χ1v) is 4.01. The molecule has 1 aliphatic rings. The third-order valence-electron chi connectivity index (χ3n) is 1.21. The average molecular weight is 186 g/mol. The fourth-order valence-electron chi connectivity index (χ4n) is 0.722. The summed E-state index contributed by atoms with van der Waals surface area (Å²) in [7, 11) is 0. The van der Waals surface area contributed by atoms with Crippen LogP contribution in [0.25, 0.3) is 0 Å². The molecule has 0 radical (unpaired) electrons. The predicted octanol–water partition coefficient (Wildman–Crippen LogP) is 0.781. The molecule has 0 bridgehead atoms. The van der Waals surface area contributed by atoms with Crippen LogP contribution < -0.4 is 0 Å². The molecule has 0 aromatic carbocycles. The zero-order chi connectivity index (χ0) is 8.97. The molecule has 12 heavy (non-hydrogen) atoms. The van der Waals surface area contributed by atoms with E-state index in [1.54, 1.807) is 11.5 Å². The number of carbonyl (C=O) groups is 1. The van der Waals surface area contributed by atoms with E-state index >= 15 is 0 Å². The summed E-state index contributed by atoms with van der Waals surface area (Å²) in [5, 5.41) is 12.1. The molecule has 0 saturated carbocycles. The van der Waals surface area contributed by atoms with Crippen LogP contribution in [0.3, 0.4) is 0 Å². The van der Waals surface area contributed by atoms with E-state index in [4.69, 9.17) is 0 Å². The Hall–Kier alpha value is -1.30. The van der Waals surface area contributed by atoms with Crippen molar-refractivity contribution < 1.29 is 9.72 Å².